The highest BCUT2D eigenvalue weighted by molar-refractivity contribution is 4.77. The largest absolute Gasteiger partial charge is 0.0654 e. The van der Waals surface area contributed by atoms with Gasteiger partial charge in [-0.1, -0.05) is 74.1 Å². The quantitative estimate of drug-likeness (QED) is 0.506. The Hall–Kier alpha value is 0. The van der Waals surface area contributed by atoms with Crippen LogP contribution in [0.25, 0.3) is 0 Å². The second-order valence-corrected chi connectivity index (χ2v) is 6.83. The third-order valence-electron chi connectivity index (χ3n) is 4.23. The van der Waals surface area contributed by atoms with Gasteiger partial charge in [0.2, 0.25) is 0 Å². The lowest BCUT2D eigenvalue weighted by Crippen LogP contribution is -2.24. The van der Waals surface area contributed by atoms with Crippen LogP contribution in [0, 0.1) is 23.2 Å². The molecule has 3 unspecified atom stereocenters. The van der Waals surface area contributed by atoms with E-state index in [1.54, 1.807) is 0 Å². The average molecular weight is 226 g/mol. The third-order valence-corrected chi connectivity index (χ3v) is 4.23. The summed E-state index contributed by atoms with van der Waals surface area (Å²) in [6.07, 6.45) is 6.87. The van der Waals surface area contributed by atoms with Crippen LogP contribution in [-0.4, -0.2) is 0 Å². The lowest BCUT2D eigenvalue weighted by Gasteiger charge is -2.34. The topological polar surface area (TPSA) is 0 Å². The van der Waals surface area contributed by atoms with E-state index in [0.29, 0.717) is 5.41 Å². The fourth-order valence-corrected chi connectivity index (χ4v) is 2.67. The molecule has 16 heavy (non-hydrogen) atoms. The van der Waals surface area contributed by atoms with E-state index < -0.39 is 0 Å². The van der Waals surface area contributed by atoms with Crippen LogP contribution < -0.4 is 0 Å². The minimum absolute atomic E-state index is 0.482. The molecule has 0 rings (SSSR count). The van der Waals surface area contributed by atoms with Crippen molar-refractivity contribution in [3.05, 3.63) is 0 Å². The summed E-state index contributed by atoms with van der Waals surface area (Å²) in [5, 5.41) is 0. The zero-order chi connectivity index (χ0) is 12.8. The lowest BCUT2D eigenvalue weighted by molar-refractivity contribution is 0.163. The molecule has 3 atom stereocenters. The minimum atomic E-state index is 0.482. The van der Waals surface area contributed by atoms with Gasteiger partial charge in [0.25, 0.3) is 0 Å². The Morgan fingerprint density at radius 1 is 0.812 bits per heavy atom. The maximum Gasteiger partial charge on any atom is -0.0354 e. The van der Waals surface area contributed by atoms with Crippen LogP contribution in [0.15, 0.2) is 0 Å². The van der Waals surface area contributed by atoms with Crippen molar-refractivity contribution in [3.63, 3.8) is 0 Å². The molecule has 0 aliphatic rings. The molecule has 0 heterocycles. The highest BCUT2D eigenvalue weighted by Crippen LogP contribution is 2.37. The first-order chi connectivity index (χ1) is 7.32. The molecule has 0 spiro atoms. The van der Waals surface area contributed by atoms with E-state index in [2.05, 4.69) is 48.5 Å². The van der Waals surface area contributed by atoms with Gasteiger partial charge < -0.3 is 0 Å². The smallest absolute Gasteiger partial charge is 0.0354 e. The van der Waals surface area contributed by atoms with Crippen molar-refractivity contribution in [1.29, 1.82) is 0 Å². The van der Waals surface area contributed by atoms with Gasteiger partial charge in [-0.25, -0.2) is 0 Å². The zero-order valence-electron chi connectivity index (χ0n) is 12.8. The summed E-state index contributed by atoms with van der Waals surface area (Å²) >= 11 is 0. The molecule has 0 saturated carbocycles. The number of hydrogen-bond donors (Lipinski definition) is 0. The van der Waals surface area contributed by atoms with E-state index in [0.717, 1.165) is 17.8 Å². The van der Waals surface area contributed by atoms with Crippen LogP contribution in [0.2, 0.25) is 0 Å². The Balaban J connectivity index is 4.28. The molecule has 0 aliphatic heterocycles. The molecule has 0 aromatic carbocycles. The van der Waals surface area contributed by atoms with E-state index in [1.165, 1.54) is 32.1 Å². The molecule has 0 radical (unpaired) electrons. The Bertz CT molecular complexity index is 163. The van der Waals surface area contributed by atoms with Gasteiger partial charge in [0.1, 0.15) is 0 Å². The van der Waals surface area contributed by atoms with Crippen molar-refractivity contribution in [2.45, 2.75) is 80.6 Å². The van der Waals surface area contributed by atoms with Gasteiger partial charge in [-0.05, 0) is 29.6 Å². The Morgan fingerprint density at radius 3 is 1.69 bits per heavy atom. The van der Waals surface area contributed by atoms with Gasteiger partial charge in [-0.3, -0.25) is 0 Å². The predicted molar refractivity (Wildman–Crippen MR) is 75.7 cm³/mol. The van der Waals surface area contributed by atoms with E-state index in [1.807, 2.05) is 0 Å². The van der Waals surface area contributed by atoms with Crippen molar-refractivity contribution >= 4 is 0 Å². The Labute approximate surface area is 104 Å². The summed E-state index contributed by atoms with van der Waals surface area (Å²) < 4.78 is 0. The second-order valence-electron chi connectivity index (χ2n) is 6.83. The molecule has 0 aromatic rings. The Morgan fingerprint density at radius 2 is 1.31 bits per heavy atom. The van der Waals surface area contributed by atoms with Crippen LogP contribution in [0.5, 0.6) is 0 Å². The van der Waals surface area contributed by atoms with Crippen molar-refractivity contribution < 1.29 is 0 Å². The summed E-state index contributed by atoms with van der Waals surface area (Å²) in [6.45, 7) is 16.7. The first kappa shape index (κ1) is 16.0. The second kappa shape index (κ2) is 7.35. The van der Waals surface area contributed by atoms with Crippen LogP contribution in [0.3, 0.4) is 0 Å². The van der Waals surface area contributed by atoms with E-state index >= 15 is 0 Å². The van der Waals surface area contributed by atoms with Gasteiger partial charge in [-0.15, -0.1) is 0 Å². The van der Waals surface area contributed by atoms with Gasteiger partial charge in [-0.2, -0.15) is 0 Å². The highest BCUT2D eigenvalue weighted by Gasteiger charge is 2.26. The molecule has 0 aliphatic carbocycles. The summed E-state index contributed by atoms with van der Waals surface area (Å²) in [4.78, 5) is 0. The first-order valence-electron chi connectivity index (χ1n) is 7.32. The maximum atomic E-state index is 2.45. The van der Waals surface area contributed by atoms with Crippen molar-refractivity contribution in [1.82, 2.24) is 0 Å². The monoisotopic (exact) mass is 226 g/mol. The standard InChI is InChI=1S/C16H34/c1-8-10-13(3)14(4)12-15(11-9-2)16(5,6)7/h13-15H,8-12H2,1-7H3. The number of rotatable bonds is 7. The molecule has 98 valence electrons. The molecule has 0 nitrogen and oxygen atoms in total. The average Bonchev–Trinajstić information content (AvgIpc) is 2.15. The van der Waals surface area contributed by atoms with Crippen molar-refractivity contribution in [3.8, 4) is 0 Å². The van der Waals surface area contributed by atoms with Gasteiger partial charge in [0.15, 0.2) is 0 Å². The molecule has 0 fully saturated rings. The van der Waals surface area contributed by atoms with Crippen LogP contribution >= 0.6 is 0 Å². The summed E-state index contributed by atoms with van der Waals surface area (Å²) in [5.74, 6) is 2.68. The minimum Gasteiger partial charge on any atom is -0.0654 e. The van der Waals surface area contributed by atoms with Crippen LogP contribution in [-0.2, 0) is 0 Å². The summed E-state index contributed by atoms with van der Waals surface area (Å²) in [6, 6.07) is 0. The summed E-state index contributed by atoms with van der Waals surface area (Å²) in [7, 11) is 0. The Kier molecular flexibility index (Phi) is 7.35. The zero-order valence-corrected chi connectivity index (χ0v) is 12.8. The van der Waals surface area contributed by atoms with Gasteiger partial charge in [0.05, 0.1) is 0 Å². The molecular formula is C16H34. The molecule has 0 bridgehead atoms. The lowest BCUT2D eigenvalue weighted by atomic mass is 9.71. The highest BCUT2D eigenvalue weighted by atomic mass is 14.3. The molecule has 0 heteroatoms. The number of hydrogen-bond acceptors (Lipinski definition) is 0. The fourth-order valence-electron chi connectivity index (χ4n) is 2.67. The van der Waals surface area contributed by atoms with E-state index in [4.69, 9.17) is 0 Å². The van der Waals surface area contributed by atoms with Crippen LogP contribution in [0.4, 0.5) is 0 Å². The third kappa shape index (κ3) is 5.92. The molecule has 0 aromatic heterocycles. The maximum absolute atomic E-state index is 2.45. The normalized spacial score (nSPS) is 18.2. The van der Waals surface area contributed by atoms with Crippen molar-refractivity contribution in [2.75, 3.05) is 0 Å². The fraction of sp³-hybridized carbons (Fsp3) is 1.00. The molecular weight excluding hydrogens is 192 g/mol. The van der Waals surface area contributed by atoms with E-state index in [-0.39, 0.29) is 0 Å². The van der Waals surface area contributed by atoms with E-state index in [9.17, 15) is 0 Å². The summed E-state index contributed by atoms with van der Waals surface area (Å²) in [5.41, 5.74) is 0.482. The van der Waals surface area contributed by atoms with Crippen molar-refractivity contribution in [2.24, 2.45) is 23.2 Å². The van der Waals surface area contributed by atoms with Crippen LogP contribution in [0.1, 0.15) is 80.6 Å². The molecule has 0 saturated heterocycles. The molecule has 0 N–H and O–H groups in total. The molecule has 0 amide bonds. The van der Waals surface area contributed by atoms with Gasteiger partial charge in [0, 0.05) is 0 Å². The van der Waals surface area contributed by atoms with Gasteiger partial charge >= 0.3 is 0 Å². The SMILES string of the molecule is CCCC(C)C(C)CC(CCC)C(C)(C)C. The predicted octanol–water partition coefficient (Wildman–Crippen LogP) is 5.91. The first-order valence-corrected chi connectivity index (χ1v) is 7.32.